The van der Waals surface area contributed by atoms with E-state index in [0.717, 1.165) is 30.0 Å². The van der Waals surface area contributed by atoms with Crippen molar-refractivity contribution in [2.75, 3.05) is 28.6 Å². The summed E-state index contributed by atoms with van der Waals surface area (Å²) in [5.74, 6) is -0.509. The van der Waals surface area contributed by atoms with Crippen LogP contribution in [0.5, 0.6) is 5.75 Å². The van der Waals surface area contributed by atoms with Crippen molar-refractivity contribution in [2.24, 2.45) is 0 Å². The van der Waals surface area contributed by atoms with Gasteiger partial charge in [0.05, 0.1) is 0 Å². The third-order valence-corrected chi connectivity index (χ3v) is 4.18. The number of carbonyl (C=O) groups is 1. The van der Waals surface area contributed by atoms with Gasteiger partial charge in [-0.1, -0.05) is 6.07 Å². The number of aryl methyl sites for hydroxylation is 1. The maximum atomic E-state index is 12.3. The molecule has 0 aromatic heterocycles. The van der Waals surface area contributed by atoms with Crippen molar-refractivity contribution in [3.63, 3.8) is 0 Å². The highest BCUT2D eigenvalue weighted by molar-refractivity contribution is 6.06. The second-order valence-corrected chi connectivity index (χ2v) is 5.99. The van der Waals surface area contributed by atoms with Gasteiger partial charge in [0.25, 0.3) is 5.91 Å². The molecule has 6 nitrogen and oxygen atoms in total. The molecule has 3 N–H and O–H groups in total. The van der Waals surface area contributed by atoms with Gasteiger partial charge in [-0.3, -0.25) is 4.79 Å². The van der Waals surface area contributed by atoms with Crippen LogP contribution < -0.4 is 27.9 Å². The van der Waals surface area contributed by atoms with Gasteiger partial charge in [-0.05, 0) is 56.7 Å². The number of hydrogen-bond donors (Lipinski definition) is 3. The van der Waals surface area contributed by atoms with Gasteiger partial charge >= 0.3 is 0 Å². The van der Waals surface area contributed by atoms with Gasteiger partial charge in [-0.2, -0.15) is 5.26 Å². The highest BCUT2D eigenvalue weighted by Gasteiger charge is 2.10. The molecule has 0 atom stereocenters. The predicted molar refractivity (Wildman–Crippen MR) is 109 cm³/mol. The normalized spacial score (nSPS) is 10.4. The first-order chi connectivity index (χ1) is 13.0. The molecule has 1 amide bonds. The van der Waals surface area contributed by atoms with Gasteiger partial charge in [0.1, 0.15) is 17.4 Å². The van der Waals surface area contributed by atoms with Crippen LogP contribution in [0.15, 0.2) is 54.2 Å². The molecule has 0 unspecified atom stereocenters. The summed E-state index contributed by atoms with van der Waals surface area (Å²) in [6.07, 6.45) is 1.39. The first kappa shape index (κ1) is 22.9. The maximum absolute atomic E-state index is 12.3. The van der Waals surface area contributed by atoms with E-state index < -0.39 is 5.91 Å². The molecular weight excluding hydrogens is 376 g/mol. The molecule has 0 fully saturated rings. The van der Waals surface area contributed by atoms with E-state index >= 15 is 0 Å². The minimum Gasteiger partial charge on any atom is -1.00 e. The third kappa shape index (κ3) is 5.93. The van der Waals surface area contributed by atoms with Crippen LogP contribution in [0.25, 0.3) is 0 Å². The zero-order chi connectivity index (χ0) is 19.8. The van der Waals surface area contributed by atoms with E-state index in [9.17, 15) is 15.2 Å². The molecule has 0 aliphatic heterocycles. The number of halogens is 1. The van der Waals surface area contributed by atoms with E-state index in [0.29, 0.717) is 5.69 Å². The summed E-state index contributed by atoms with van der Waals surface area (Å²) in [6, 6.07) is 14.1. The number of anilines is 3. The lowest BCUT2D eigenvalue weighted by Crippen LogP contribution is -3.00. The van der Waals surface area contributed by atoms with Crippen LogP contribution in [0.1, 0.15) is 19.4 Å². The maximum Gasteiger partial charge on any atom is 0.267 e. The minimum atomic E-state index is -0.548. The summed E-state index contributed by atoms with van der Waals surface area (Å²) in [4.78, 5) is 14.5. The Bertz CT molecular complexity index is 886. The second-order valence-electron chi connectivity index (χ2n) is 5.99. The van der Waals surface area contributed by atoms with E-state index in [1.165, 1.54) is 18.3 Å². The Balaban J connectivity index is 0.00000392. The molecule has 7 heteroatoms. The number of hydrogen-bond acceptors (Lipinski definition) is 5. The summed E-state index contributed by atoms with van der Waals surface area (Å²) in [6.45, 7) is 8.05. The van der Waals surface area contributed by atoms with E-state index in [1.54, 1.807) is 12.1 Å². The molecule has 0 heterocycles. The Morgan fingerprint density at radius 2 is 1.93 bits per heavy atom. The molecule has 148 valence electrons. The lowest BCUT2D eigenvalue weighted by Gasteiger charge is -2.22. The third-order valence-electron chi connectivity index (χ3n) is 4.18. The summed E-state index contributed by atoms with van der Waals surface area (Å²) in [7, 11) is 0. The number of aromatic hydroxyl groups is 1. The fourth-order valence-electron chi connectivity index (χ4n) is 2.68. The number of nitrogens with one attached hydrogen (secondary N) is 2. The molecule has 28 heavy (non-hydrogen) atoms. The molecule has 0 saturated heterocycles. The highest BCUT2D eigenvalue weighted by Crippen LogP contribution is 2.23. The Morgan fingerprint density at radius 1 is 1.21 bits per heavy atom. The number of carbonyl (C=O) groups excluding carboxylic acids is 1. The molecule has 2 aromatic rings. The van der Waals surface area contributed by atoms with Gasteiger partial charge in [0, 0.05) is 42.4 Å². The first-order valence-electron chi connectivity index (χ1n) is 8.81. The van der Waals surface area contributed by atoms with Crippen LogP contribution >= 0.6 is 0 Å². The van der Waals surface area contributed by atoms with Crippen molar-refractivity contribution >= 4 is 23.0 Å². The summed E-state index contributed by atoms with van der Waals surface area (Å²) >= 11 is 0. The zero-order valence-corrected chi connectivity index (χ0v) is 16.9. The highest BCUT2D eigenvalue weighted by atomic mass is 35.5. The molecule has 2 rings (SSSR count). The lowest BCUT2D eigenvalue weighted by molar-refractivity contribution is -0.112. The van der Waals surface area contributed by atoms with E-state index in [1.807, 2.05) is 25.1 Å². The fraction of sp³-hybridized carbons (Fsp3) is 0.238. The molecule has 0 saturated carbocycles. The van der Waals surface area contributed by atoms with Crippen LogP contribution in [-0.4, -0.2) is 24.1 Å². The first-order valence-corrected chi connectivity index (χ1v) is 8.81. The summed E-state index contributed by atoms with van der Waals surface area (Å²) in [5.41, 5.74) is 3.32. The summed E-state index contributed by atoms with van der Waals surface area (Å²) in [5, 5.41) is 24.4. The number of phenolic OH excluding ortho intramolecular Hbond substituents is 1. The van der Waals surface area contributed by atoms with Crippen LogP contribution in [0.4, 0.5) is 17.1 Å². The zero-order valence-electron chi connectivity index (χ0n) is 16.2. The quantitative estimate of drug-likeness (QED) is 0.477. The van der Waals surface area contributed by atoms with Gasteiger partial charge in [-0.25, -0.2) is 0 Å². The second kappa shape index (κ2) is 10.9. The van der Waals surface area contributed by atoms with E-state index in [2.05, 4.69) is 35.4 Å². The van der Waals surface area contributed by atoms with Gasteiger partial charge in [-0.15, -0.1) is 0 Å². The van der Waals surface area contributed by atoms with Crippen LogP contribution in [-0.2, 0) is 4.79 Å². The van der Waals surface area contributed by atoms with Gasteiger partial charge < -0.3 is 33.0 Å². The number of phenols is 1. The number of benzene rings is 2. The Hall–Kier alpha value is -3.17. The molecular formula is C21H24ClN4O2-. The van der Waals surface area contributed by atoms with Crippen molar-refractivity contribution in [1.29, 1.82) is 5.26 Å². The predicted octanol–water partition coefficient (Wildman–Crippen LogP) is 1.01. The molecule has 0 spiro atoms. The van der Waals surface area contributed by atoms with Crippen LogP contribution in [0.3, 0.4) is 0 Å². The van der Waals surface area contributed by atoms with Crippen molar-refractivity contribution in [3.8, 4) is 11.8 Å². The van der Waals surface area contributed by atoms with Crippen LogP contribution in [0, 0.1) is 18.3 Å². The van der Waals surface area contributed by atoms with E-state index in [4.69, 9.17) is 0 Å². The number of rotatable bonds is 7. The SMILES string of the molecule is CCN(CC)c1ccc(N/C=C(/C#N)C(=O)Nc2cccc(O)c2)c(C)c1.[Cl-]. The average molecular weight is 400 g/mol. The smallest absolute Gasteiger partial charge is 0.267 e. The minimum absolute atomic E-state index is 0. The lowest BCUT2D eigenvalue weighted by atomic mass is 10.1. The average Bonchev–Trinajstić information content (AvgIpc) is 2.64. The monoisotopic (exact) mass is 399 g/mol. The number of nitriles is 1. The van der Waals surface area contributed by atoms with Crippen molar-refractivity contribution < 1.29 is 22.3 Å². The Kier molecular flexibility index (Phi) is 8.86. The van der Waals surface area contributed by atoms with Gasteiger partial charge in [0.15, 0.2) is 0 Å². The standard InChI is InChI=1S/C21H24N4O2.ClH/c1-4-25(5-2)18-9-10-20(15(3)11-18)23-14-16(13-22)21(27)24-17-7-6-8-19(26)12-17;/h6-12,14,23,26H,4-5H2,1-3H3,(H,24,27);1H/p-1/b16-14-;. The Labute approximate surface area is 171 Å². The molecule has 0 radical (unpaired) electrons. The fourth-order valence-corrected chi connectivity index (χ4v) is 2.68. The molecule has 0 aliphatic carbocycles. The Morgan fingerprint density at radius 3 is 2.50 bits per heavy atom. The van der Waals surface area contributed by atoms with E-state index in [-0.39, 0.29) is 23.7 Å². The molecule has 0 aliphatic rings. The van der Waals surface area contributed by atoms with Crippen molar-refractivity contribution in [2.45, 2.75) is 20.8 Å². The number of nitrogens with zero attached hydrogens (tertiary/aromatic N) is 2. The van der Waals surface area contributed by atoms with Gasteiger partial charge in [0.2, 0.25) is 0 Å². The molecule has 2 aromatic carbocycles. The number of amides is 1. The molecule has 0 bridgehead atoms. The topological polar surface area (TPSA) is 88.4 Å². The van der Waals surface area contributed by atoms with Crippen molar-refractivity contribution in [1.82, 2.24) is 0 Å². The summed E-state index contributed by atoms with van der Waals surface area (Å²) < 4.78 is 0. The largest absolute Gasteiger partial charge is 1.00 e. The van der Waals surface area contributed by atoms with Crippen molar-refractivity contribution in [3.05, 3.63) is 59.8 Å². The van der Waals surface area contributed by atoms with Crippen LogP contribution in [0.2, 0.25) is 0 Å².